The number of halogens is 1. The molecule has 0 aliphatic rings. The molecule has 0 aliphatic carbocycles. The first-order valence-electron chi connectivity index (χ1n) is 8.19. The number of nitrogens with one attached hydrogen (secondary N) is 1. The van der Waals surface area contributed by atoms with Gasteiger partial charge >= 0.3 is 0 Å². The van der Waals surface area contributed by atoms with E-state index in [1.807, 2.05) is 31.2 Å². The summed E-state index contributed by atoms with van der Waals surface area (Å²) < 4.78 is 1.79. The Morgan fingerprint density at radius 1 is 1.22 bits per heavy atom. The highest BCUT2D eigenvalue weighted by molar-refractivity contribution is 6.30. The van der Waals surface area contributed by atoms with E-state index in [2.05, 4.69) is 10.4 Å². The van der Waals surface area contributed by atoms with Crippen LogP contribution in [0.25, 0.3) is 0 Å². The molecular weight excluding hydrogens is 368 g/mol. The average molecular weight is 385 g/mol. The van der Waals surface area contributed by atoms with Gasteiger partial charge in [0.15, 0.2) is 0 Å². The van der Waals surface area contributed by atoms with Crippen LogP contribution in [0.3, 0.4) is 0 Å². The van der Waals surface area contributed by atoms with Crippen molar-refractivity contribution < 1.29 is 9.72 Å². The van der Waals surface area contributed by atoms with Crippen molar-refractivity contribution >= 4 is 28.9 Å². The number of rotatable bonds is 5. The van der Waals surface area contributed by atoms with Gasteiger partial charge in [0.2, 0.25) is 0 Å². The zero-order valence-electron chi connectivity index (χ0n) is 14.8. The fourth-order valence-corrected chi connectivity index (χ4v) is 2.87. The Bertz CT molecular complexity index is 1010. The topological polar surface area (TPSA) is 90.1 Å². The SMILES string of the molecule is Cc1nn(Cc2ccc(Cl)cc2)c(C)c1NC(=O)c1cccc([N+](=O)[O-])c1. The van der Waals surface area contributed by atoms with Gasteiger partial charge in [-0.25, -0.2) is 0 Å². The van der Waals surface area contributed by atoms with Gasteiger partial charge in [-0.15, -0.1) is 0 Å². The van der Waals surface area contributed by atoms with E-state index in [-0.39, 0.29) is 11.3 Å². The molecule has 0 saturated heterocycles. The molecule has 3 aromatic rings. The second-order valence-electron chi connectivity index (χ2n) is 6.09. The van der Waals surface area contributed by atoms with E-state index >= 15 is 0 Å². The van der Waals surface area contributed by atoms with E-state index in [0.29, 0.717) is 22.9 Å². The fourth-order valence-electron chi connectivity index (χ4n) is 2.74. The summed E-state index contributed by atoms with van der Waals surface area (Å²) in [6, 6.07) is 13.1. The number of aromatic nitrogens is 2. The predicted molar refractivity (Wildman–Crippen MR) is 103 cm³/mol. The fraction of sp³-hybridized carbons (Fsp3) is 0.158. The first-order valence-corrected chi connectivity index (χ1v) is 8.57. The van der Waals surface area contributed by atoms with Gasteiger partial charge in [0, 0.05) is 22.7 Å². The maximum absolute atomic E-state index is 12.5. The first-order chi connectivity index (χ1) is 12.8. The number of hydrogen-bond acceptors (Lipinski definition) is 4. The third-order valence-electron chi connectivity index (χ3n) is 4.18. The summed E-state index contributed by atoms with van der Waals surface area (Å²) in [5.74, 6) is -0.420. The Balaban J connectivity index is 1.82. The van der Waals surface area contributed by atoms with Gasteiger partial charge in [0.05, 0.1) is 28.5 Å². The third-order valence-corrected chi connectivity index (χ3v) is 4.44. The second kappa shape index (κ2) is 7.59. The van der Waals surface area contributed by atoms with Crippen LogP contribution in [0.1, 0.15) is 27.3 Å². The molecule has 0 radical (unpaired) electrons. The van der Waals surface area contributed by atoms with Gasteiger partial charge in [0.1, 0.15) is 0 Å². The second-order valence-corrected chi connectivity index (χ2v) is 6.53. The van der Waals surface area contributed by atoms with Crippen LogP contribution in [0.4, 0.5) is 11.4 Å². The number of amides is 1. The Labute approximate surface area is 160 Å². The van der Waals surface area contributed by atoms with Crippen molar-refractivity contribution in [3.63, 3.8) is 0 Å². The van der Waals surface area contributed by atoms with Crippen molar-refractivity contribution in [1.29, 1.82) is 0 Å². The minimum Gasteiger partial charge on any atom is -0.319 e. The van der Waals surface area contributed by atoms with Crippen molar-refractivity contribution in [2.75, 3.05) is 5.32 Å². The Hall–Kier alpha value is -3.19. The Kier molecular flexibility index (Phi) is 5.23. The number of carbonyl (C=O) groups excluding carboxylic acids is 1. The molecule has 8 heteroatoms. The van der Waals surface area contributed by atoms with E-state index in [1.165, 1.54) is 24.3 Å². The quantitative estimate of drug-likeness (QED) is 0.522. The molecule has 1 amide bonds. The minimum absolute atomic E-state index is 0.130. The molecule has 1 heterocycles. The zero-order chi connectivity index (χ0) is 19.6. The summed E-state index contributed by atoms with van der Waals surface area (Å²) in [5.41, 5.74) is 3.17. The number of carbonyl (C=O) groups is 1. The number of non-ortho nitro benzene ring substituents is 1. The summed E-state index contributed by atoms with van der Waals surface area (Å²) >= 11 is 5.91. The number of benzene rings is 2. The van der Waals surface area contributed by atoms with Crippen molar-refractivity contribution in [2.24, 2.45) is 0 Å². The maximum atomic E-state index is 12.5. The van der Waals surface area contributed by atoms with Crippen LogP contribution in [0.2, 0.25) is 5.02 Å². The van der Waals surface area contributed by atoms with E-state index < -0.39 is 10.8 Å². The molecular formula is C19H17ClN4O3. The number of nitro groups is 1. The van der Waals surface area contributed by atoms with Crippen LogP contribution in [0.5, 0.6) is 0 Å². The smallest absolute Gasteiger partial charge is 0.270 e. The van der Waals surface area contributed by atoms with Crippen LogP contribution in [0.15, 0.2) is 48.5 Å². The lowest BCUT2D eigenvalue weighted by molar-refractivity contribution is -0.384. The average Bonchev–Trinajstić information content (AvgIpc) is 2.91. The summed E-state index contributed by atoms with van der Waals surface area (Å²) in [5, 5.41) is 18.8. The van der Waals surface area contributed by atoms with Crippen LogP contribution in [0, 0.1) is 24.0 Å². The van der Waals surface area contributed by atoms with Crippen molar-refractivity contribution in [3.8, 4) is 0 Å². The molecule has 0 unspecified atom stereocenters. The van der Waals surface area contributed by atoms with Crippen molar-refractivity contribution in [3.05, 3.63) is 86.2 Å². The predicted octanol–water partition coefficient (Wildman–Crippen LogP) is 4.36. The van der Waals surface area contributed by atoms with Crippen LogP contribution < -0.4 is 5.32 Å². The molecule has 7 nitrogen and oxygen atoms in total. The number of anilines is 1. The Morgan fingerprint density at radius 3 is 2.59 bits per heavy atom. The highest BCUT2D eigenvalue weighted by Gasteiger charge is 2.17. The maximum Gasteiger partial charge on any atom is 0.270 e. The van der Waals surface area contributed by atoms with Crippen molar-refractivity contribution in [2.45, 2.75) is 20.4 Å². The van der Waals surface area contributed by atoms with E-state index in [9.17, 15) is 14.9 Å². The lowest BCUT2D eigenvalue weighted by Gasteiger charge is -2.08. The molecule has 0 atom stereocenters. The third kappa shape index (κ3) is 4.15. The molecule has 0 fully saturated rings. The molecule has 2 aromatic carbocycles. The highest BCUT2D eigenvalue weighted by Crippen LogP contribution is 2.22. The first kappa shape index (κ1) is 18.6. The van der Waals surface area contributed by atoms with E-state index in [0.717, 1.165) is 11.3 Å². The monoisotopic (exact) mass is 384 g/mol. The van der Waals surface area contributed by atoms with Gasteiger partial charge in [-0.2, -0.15) is 5.10 Å². The molecule has 1 N–H and O–H groups in total. The van der Waals surface area contributed by atoms with Gasteiger partial charge in [-0.05, 0) is 37.6 Å². The zero-order valence-corrected chi connectivity index (χ0v) is 15.5. The normalized spacial score (nSPS) is 10.6. The van der Waals surface area contributed by atoms with Gasteiger partial charge in [0.25, 0.3) is 11.6 Å². The Morgan fingerprint density at radius 2 is 1.93 bits per heavy atom. The highest BCUT2D eigenvalue weighted by atomic mass is 35.5. The summed E-state index contributed by atoms with van der Waals surface area (Å²) in [6.07, 6.45) is 0. The molecule has 27 heavy (non-hydrogen) atoms. The number of nitrogens with zero attached hydrogens (tertiary/aromatic N) is 3. The molecule has 0 bridgehead atoms. The molecule has 0 aliphatic heterocycles. The van der Waals surface area contributed by atoms with Crippen molar-refractivity contribution in [1.82, 2.24) is 9.78 Å². The molecule has 1 aromatic heterocycles. The molecule has 3 rings (SSSR count). The van der Waals surface area contributed by atoms with Crippen LogP contribution >= 0.6 is 11.6 Å². The van der Waals surface area contributed by atoms with Gasteiger partial charge in [-0.1, -0.05) is 29.8 Å². The number of hydrogen-bond donors (Lipinski definition) is 1. The van der Waals surface area contributed by atoms with Crippen LogP contribution in [-0.4, -0.2) is 20.6 Å². The summed E-state index contributed by atoms with van der Waals surface area (Å²) in [4.78, 5) is 22.9. The van der Waals surface area contributed by atoms with Gasteiger partial charge in [-0.3, -0.25) is 19.6 Å². The molecule has 0 spiro atoms. The lowest BCUT2D eigenvalue weighted by Crippen LogP contribution is -2.13. The molecule has 0 saturated carbocycles. The lowest BCUT2D eigenvalue weighted by atomic mass is 10.2. The van der Waals surface area contributed by atoms with E-state index in [4.69, 9.17) is 11.6 Å². The standard InChI is InChI=1S/C19H17ClN4O3/c1-12-18(21-19(25)15-4-3-5-17(10-15)24(26)27)13(2)23(22-12)11-14-6-8-16(20)9-7-14/h3-10H,11H2,1-2H3,(H,21,25). The van der Waals surface area contributed by atoms with E-state index in [1.54, 1.807) is 11.6 Å². The minimum atomic E-state index is -0.530. The largest absolute Gasteiger partial charge is 0.319 e. The summed E-state index contributed by atoms with van der Waals surface area (Å²) in [7, 11) is 0. The number of aryl methyl sites for hydroxylation is 1. The van der Waals surface area contributed by atoms with Crippen LogP contribution in [-0.2, 0) is 6.54 Å². The molecule has 138 valence electrons. The number of nitro benzene ring substituents is 1. The summed E-state index contributed by atoms with van der Waals surface area (Å²) in [6.45, 7) is 4.20. The van der Waals surface area contributed by atoms with Gasteiger partial charge < -0.3 is 5.32 Å².